The van der Waals surface area contributed by atoms with Gasteiger partial charge in [-0.3, -0.25) is 19.2 Å². The van der Waals surface area contributed by atoms with Crippen LogP contribution in [0.5, 0.6) is 0 Å². The van der Waals surface area contributed by atoms with Gasteiger partial charge in [0.25, 0.3) is 5.41 Å². The van der Waals surface area contributed by atoms with Crippen LogP contribution in [0.4, 0.5) is 0 Å². The van der Waals surface area contributed by atoms with Crippen molar-refractivity contribution in [2.24, 2.45) is 11.3 Å². The van der Waals surface area contributed by atoms with Crippen molar-refractivity contribution >= 4 is 23.9 Å². The van der Waals surface area contributed by atoms with Crippen molar-refractivity contribution in [2.45, 2.75) is 25.7 Å². The third-order valence-corrected chi connectivity index (χ3v) is 3.39. The normalized spacial score (nSPS) is 16.9. The molecule has 1 atom stereocenters. The highest BCUT2D eigenvalue weighted by atomic mass is 16.4. The first-order valence-corrected chi connectivity index (χ1v) is 5.88. The van der Waals surface area contributed by atoms with Gasteiger partial charge in [-0.25, -0.2) is 0 Å². The first-order chi connectivity index (χ1) is 9.26. The number of allylic oxidation sites excluding steroid dienone is 1. The Morgan fingerprint density at radius 3 is 1.75 bits per heavy atom. The zero-order valence-corrected chi connectivity index (χ0v) is 10.4. The molecule has 0 aromatic heterocycles. The van der Waals surface area contributed by atoms with Gasteiger partial charge in [0, 0.05) is 0 Å². The first kappa shape index (κ1) is 15.7. The summed E-state index contributed by atoms with van der Waals surface area (Å²) in [6.45, 7) is 0. The lowest BCUT2D eigenvalue weighted by Gasteiger charge is -2.30. The van der Waals surface area contributed by atoms with Gasteiger partial charge in [-0.15, -0.1) is 0 Å². The Morgan fingerprint density at radius 2 is 1.45 bits per heavy atom. The van der Waals surface area contributed by atoms with Gasteiger partial charge in [-0.05, 0) is 25.7 Å². The van der Waals surface area contributed by atoms with Crippen LogP contribution < -0.4 is 0 Å². The maximum atomic E-state index is 11.3. The van der Waals surface area contributed by atoms with Crippen LogP contribution in [0.25, 0.3) is 0 Å². The summed E-state index contributed by atoms with van der Waals surface area (Å²) in [5, 5.41) is 36.4. The molecule has 0 bridgehead atoms. The van der Waals surface area contributed by atoms with E-state index in [2.05, 4.69) is 0 Å². The number of carbonyl (C=O) groups is 4. The average Bonchev–Trinajstić information content (AvgIpc) is 2.34. The smallest absolute Gasteiger partial charge is 0.334 e. The van der Waals surface area contributed by atoms with Crippen molar-refractivity contribution in [2.75, 3.05) is 0 Å². The third kappa shape index (κ3) is 2.36. The molecule has 0 aliphatic heterocycles. The van der Waals surface area contributed by atoms with Crippen molar-refractivity contribution < 1.29 is 39.6 Å². The molecule has 1 aliphatic carbocycles. The average molecular weight is 286 g/mol. The summed E-state index contributed by atoms with van der Waals surface area (Å²) in [6, 6.07) is 0. The quantitative estimate of drug-likeness (QED) is 0.405. The molecule has 110 valence electrons. The molecule has 4 N–H and O–H groups in total. The van der Waals surface area contributed by atoms with Gasteiger partial charge in [0.05, 0.1) is 0 Å². The lowest BCUT2D eigenvalue weighted by Crippen LogP contribution is -2.55. The number of hydrogen-bond donors (Lipinski definition) is 4. The predicted molar refractivity (Wildman–Crippen MR) is 63.0 cm³/mol. The van der Waals surface area contributed by atoms with E-state index in [1.54, 1.807) is 0 Å². The number of carboxylic acid groups (broad SMARTS) is 4. The summed E-state index contributed by atoms with van der Waals surface area (Å²) in [5.41, 5.74) is -3.38. The van der Waals surface area contributed by atoms with Crippen LogP contribution in [0.1, 0.15) is 25.7 Å². The first-order valence-electron chi connectivity index (χ1n) is 5.88. The van der Waals surface area contributed by atoms with Gasteiger partial charge in [0.1, 0.15) is 5.92 Å². The van der Waals surface area contributed by atoms with Crippen molar-refractivity contribution in [3.63, 3.8) is 0 Å². The Balaban J connectivity index is 3.51. The van der Waals surface area contributed by atoms with Gasteiger partial charge >= 0.3 is 23.9 Å². The molecular formula is C12H14O8. The molecule has 20 heavy (non-hydrogen) atoms. The Labute approximate surface area is 113 Å². The lowest BCUT2D eigenvalue weighted by atomic mass is 9.69. The highest BCUT2D eigenvalue weighted by Gasteiger charge is 2.64. The Kier molecular flexibility index (Phi) is 4.49. The number of carboxylic acids is 4. The molecule has 8 heteroatoms. The summed E-state index contributed by atoms with van der Waals surface area (Å²) in [7, 11) is 0. The van der Waals surface area contributed by atoms with Crippen molar-refractivity contribution in [3.8, 4) is 0 Å². The van der Waals surface area contributed by atoms with E-state index in [9.17, 15) is 24.3 Å². The summed E-state index contributed by atoms with van der Waals surface area (Å²) < 4.78 is 0. The zero-order chi connectivity index (χ0) is 15.5. The van der Waals surface area contributed by atoms with Gasteiger partial charge in [-0.1, -0.05) is 11.6 Å². The van der Waals surface area contributed by atoms with Crippen LogP contribution >= 0.6 is 0 Å². The minimum absolute atomic E-state index is 0.0379. The Morgan fingerprint density at radius 1 is 0.950 bits per heavy atom. The van der Waals surface area contributed by atoms with Crippen LogP contribution in [0.15, 0.2) is 11.6 Å². The minimum atomic E-state index is -3.42. The predicted octanol–water partition coefficient (Wildman–Crippen LogP) is 0.428. The van der Waals surface area contributed by atoms with E-state index in [-0.39, 0.29) is 12.0 Å². The molecule has 0 spiro atoms. The van der Waals surface area contributed by atoms with Crippen molar-refractivity contribution in [3.05, 3.63) is 11.6 Å². The van der Waals surface area contributed by atoms with Crippen LogP contribution in [0.2, 0.25) is 0 Å². The Hall–Kier alpha value is -2.38. The van der Waals surface area contributed by atoms with E-state index in [1.807, 2.05) is 0 Å². The molecule has 0 saturated heterocycles. The van der Waals surface area contributed by atoms with E-state index in [4.69, 9.17) is 15.3 Å². The largest absolute Gasteiger partial charge is 0.481 e. The molecule has 1 rings (SSSR count). The van der Waals surface area contributed by atoms with Gasteiger partial charge in [0.2, 0.25) is 0 Å². The lowest BCUT2D eigenvalue weighted by molar-refractivity contribution is -0.184. The summed E-state index contributed by atoms with van der Waals surface area (Å²) in [4.78, 5) is 45.1. The highest BCUT2D eigenvalue weighted by Crippen LogP contribution is 2.39. The van der Waals surface area contributed by atoms with E-state index < -0.39 is 35.2 Å². The zero-order valence-electron chi connectivity index (χ0n) is 10.4. The van der Waals surface area contributed by atoms with Crippen LogP contribution in [0, 0.1) is 11.3 Å². The SMILES string of the molecule is O=C(O)C(C1=CCCCC1)C(C(=O)O)(C(=O)O)C(=O)O. The van der Waals surface area contributed by atoms with Crippen LogP contribution in [-0.4, -0.2) is 44.3 Å². The van der Waals surface area contributed by atoms with Crippen molar-refractivity contribution in [1.29, 1.82) is 0 Å². The standard InChI is InChI=1S/C12H14O8/c13-8(14)7(6-4-2-1-3-5-6)12(9(15)16,10(17)18)11(19)20/h4,7H,1-3,5H2,(H,13,14)(H,15,16)(H,17,18)(H,19,20). The summed E-state index contributed by atoms with van der Waals surface area (Å²) in [5.74, 6) is -10.5. The van der Waals surface area contributed by atoms with E-state index in [1.165, 1.54) is 6.08 Å². The monoisotopic (exact) mass is 286 g/mol. The topological polar surface area (TPSA) is 149 Å². The maximum Gasteiger partial charge on any atom is 0.334 e. The number of rotatable bonds is 6. The van der Waals surface area contributed by atoms with Gasteiger partial charge in [-0.2, -0.15) is 0 Å². The number of aliphatic carboxylic acids is 4. The molecule has 0 radical (unpaired) electrons. The van der Waals surface area contributed by atoms with E-state index >= 15 is 0 Å². The van der Waals surface area contributed by atoms with E-state index in [0.29, 0.717) is 12.8 Å². The molecule has 0 aromatic rings. The molecule has 0 heterocycles. The fourth-order valence-electron chi connectivity index (χ4n) is 2.39. The molecule has 1 aliphatic rings. The number of hydrogen-bond acceptors (Lipinski definition) is 4. The second kappa shape index (κ2) is 5.72. The minimum Gasteiger partial charge on any atom is -0.481 e. The van der Waals surface area contributed by atoms with Gasteiger partial charge < -0.3 is 20.4 Å². The molecule has 0 saturated carbocycles. The molecular weight excluding hydrogens is 272 g/mol. The second-order valence-electron chi connectivity index (χ2n) is 4.52. The summed E-state index contributed by atoms with van der Waals surface area (Å²) in [6.07, 6.45) is 3.38. The highest BCUT2D eigenvalue weighted by molar-refractivity contribution is 6.19. The second-order valence-corrected chi connectivity index (χ2v) is 4.52. The fourth-order valence-corrected chi connectivity index (χ4v) is 2.39. The molecule has 8 nitrogen and oxygen atoms in total. The molecule has 0 aromatic carbocycles. The maximum absolute atomic E-state index is 11.3. The van der Waals surface area contributed by atoms with Crippen molar-refractivity contribution in [1.82, 2.24) is 0 Å². The fraction of sp³-hybridized carbons (Fsp3) is 0.500. The Bertz CT molecular complexity index is 454. The summed E-state index contributed by atoms with van der Waals surface area (Å²) >= 11 is 0. The third-order valence-electron chi connectivity index (χ3n) is 3.39. The molecule has 0 amide bonds. The van der Waals surface area contributed by atoms with Gasteiger partial charge in [0.15, 0.2) is 0 Å². The van der Waals surface area contributed by atoms with E-state index in [0.717, 1.165) is 6.42 Å². The molecule has 1 unspecified atom stereocenters. The molecule has 0 fully saturated rings. The van der Waals surface area contributed by atoms with Crippen LogP contribution in [0.3, 0.4) is 0 Å². The van der Waals surface area contributed by atoms with Crippen LogP contribution in [-0.2, 0) is 19.2 Å².